The Bertz CT molecular complexity index is 486. The minimum Gasteiger partial charge on any atom is -0.393 e. The third kappa shape index (κ3) is 2.10. The molecule has 1 aliphatic heterocycles. The second-order valence-corrected chi connectivity index (χ2v) is 4.05. The average molecular weight is 273 g/mol. The van der Waals surface area contributed by atoms with E-state index in [9.17, 15) is 22.8 Å². The molecule has 1 heterocycles. The van der Waals surface area contributed by atoms with Gasteiger partial charge in [0.1, 0.15) is 12.2 Å². The molecule has 0 saturated heterocycles. The van der Waals surface area contributed by atoms with Crippen LogP contribution in [0, 0.1) is 0 Å². The fourth-order valence-corrected chi connectivity index (χ4v) is 2.02. The molecule has 1 aliphatic rings. The Morgan fingerprint density at radius 3 is 1.89 bits per heavy atom. The Morgan fingerprint density at radius 2 is 1.53 bits per heavy atom. The van der Waals surface area contributed by atoms with Crippen LogP contribution in [0.15, 0.2) is 24.3 Å². The number of aliphatic hydroxyl groups is 1. The Balaban J connectivity index is 2.42. The van der Waals surface area contributed by atoms with E-state index < -0.39 is 37.1 Å². The molecule has 2 rings (SSSR count). The summed E-state index contributed by atoms with van der Waals surface area (Å²) >= 11 is 0. The van der Waals surface area contributed by atoms with Gasteiger partial charge in [-0.05, 0) is 12.1 Å². The lowest BCUT2D eigenvalue weighted by Gasteiger charge is -2.27. The molecule has 19 heavy (non-hydrogen) atoms. The first-order valence-corrected chi connectivity index (χ1v) is 5.49. The molecular weight excluding hydrogens is 263 g/mol. The summed E-state index contributed by atoms with van der Waals surface area (Å²) in [5, 5.41) is 8.65. The number of carbonyl (C=O) groups excluding carboxylic acids is 2. The van der Waals surface area contributed by atoms with Crippen molar-refractivity contribution in [2.24, 2.45) is 0 Å². The van der Waals surface area contributed by atoms with Gasteiger partial charge in [-0.25, -0.2) is 13.2 Å². The highest BCUT2D eigenvalue weighted by molar-refractivity contribution is 6.21. The summed E-state index contributed by atoms with van der Waals surface area (Å²) in [5.74, 6) is -1.94. The van der Waals surface area contributed by atoms with Crippen molar-refractivity contribution in [3.8, 4) is 0 Å². The number of aliphatic hydroxyl groups excluding tert-OH is 1. The van der Waals surface area contributed by atoms with Gasteiger partial charge in [0.05, 0.1) is 17.7 Å². The Hall–Kier alpha value is -1.89. The number of rotatable bonds is 4. The van der Waals surface area contributed by atoms with E-state index >= 15 is 0 Å². The van der Waals surface area contributed by atoms with Crippen molar-refractivity contribution in [3.63, 3.8) is 0 Å². The standard InChI is InChI=1S/C12H10F3NO3/c13-8(5-17)9(10(14)15)16-11(18)6-3-1-2-4-7(6)12(16)19/h1-4,8-10,17H,5H2. The normalized spacial score (nSPS) is 17.8. The summed E-state index contributed by atoms with van der Waals surface area (Å²) in [6.07, 6.45) is -5.66. The van der Waals surface area contributed by atoms with Crippen LogP contribution in [-0.4, -0.2) is 47.1 Å². The zero-order valence-electron chi connectivity index (χ0n) is 9.59. The van der Waals surface area contributed by atoms with E-state index in [4.69, 9.17) is 5.11 Å². The number of carbonyl (C=O) groups is 2. The molecule has 0 bridgehead atoms. The van der Waals surface area contributed by atoms with Crippen LogP contribution in [0.1, 0.15) is 20.7 Å². The van der Waals surface area contributed by atoms with Crippen LogP contribution in [0.2, 0.25) is 0 Å². The first kappa shape index (κ1) is 13.5. The van der Waals surface area contributed by atoms with Crippen molar-refractivity contribution >= 4 is 11.8 Å². The maximum atomic E-state index is 13.4. The van der Waals surface area contributed by atoms with Crippen molar-refractivity contribution in [1.29, 1.82) is 0 Å². The second kappa shape index (κ2) is 5.00. The van der Waals surface area contributed by atoms with Crippen molar-refractivity contribution < 1.29 is 27.9 Å². The number of imide groups is 1. The SMILES string of the molecule is O=C1c2ccccc2C(=O)N1C(C(F)F)C(F)CO. The molecule has 2 unspecified atom stereocenters. The van der Waals surface area contributed by atoms with Crippen LogP contribution in [0.3, 0.4) is 0 Å². The molecule has 0 fully saturated rings. The highest BCUT2D eigenvalue weighted by atomic mass is 19.3. The van der Waals surface area contributed by atoms with E-state index in [-0.39, 0.29) is 16.0 Å². The van der Waals surface area contributed by atoms with Crippen LogP contribution >= 0.6 is 0 Å². The van der Waals surface area contributed by atoms with Gasteiger partial charge in [-0.2, -0.15) is 0 Å². The molecule has 0 aromatic heterocycles. The van der Waals surface area contributed by atoms with Crippen LogP contribution in [-0.2, 0) is 0 Å². The minimum atomic E-state index is -3.27. The zero-order valence-corrected chi connectivity index (χ0v) is 9.59. The average Bonchev–Trinajstić information content (AvgIpc) is 2.64. The largest absolute Gasteiger partial charge is 0.393 e. The summed E-state index contributed by atoms with van der Waals surface area (Å²) < 4.78 is 39.1. The lowest BCUT2D eigenvalue weighted by molar-refractivity contribution is -0.0160. The Kier molecular flexibility index (Phi) is 3.57. The number of nitrogens with zero attached hydrogens (tertiary/aromatic N) is 1. The smallest absolute Gasteiger partial charge is 0.262 e. The third-order valence-electron chi connectivity index (χ3n) is 2.93. The van der Waals surface area contributed by atoms with Gasteiger partial charge in [0.25, 0.3) is 18.2 Å². The van der Waals surface area contributed by atoms with Crippen LogP contribution in [0.4, 0.5) is 13.2 Å². The molecule has 1 aromatic carbocycles. The molecule has 2 amide bonds. The second-order valence-electron chi connectivity index (χ2n) is 4.05. The predicted octanol–water partition coefficient (Wildman–Crippen LogP) is 1.25. The van der Waals surface area contributed by atoms with Gasteiger partial charge >= 0.3 is 0 Å². The van der Waals surface area contributed by atoms with Crippen LogP contribution in [0.5, 0.6) is 0 Å². The highest BCUT2D eigenvalue weighted by Crippen LogP contribution is 2.28. The molecule has 0 radical (unpaired) electrons. The molecule has 1 N–H and O–H groups in total. The van der Waals surface area contributed by atoms with Gasteiger partial charge in [-0.15, -0.1) is 0 Å². The maximum Gasteiger partial charge on any atom is 0.262 e. The molecule has 0 spiro atoms. The summed E-state index contributed by atoms with van der Waals surface area (Å²) in [6.45, 7) is -1.19. The van der Waals surface area contributed by atoms with Gasteiger partial charge in [-0.1, -0.05) is 12.1 Å². The number of halogens is 3. The summed E-state index contributed by atoms with van der Waals surface area (Å²) in [5.41, 5.74) is -0.0772. The van der Waals surface area contributed by atoms with Crippen molar-refractivity contribution in [1.82, 2.24) is 4.90 Å². The number of alkyl halides is 3. The molecule has 102 valence electrons. The predicted molar refractivity (Wildman–Crippen MR) is 58.7 cm³/mol. The molecule has 4 nitrogen and oxygen atoms in total. The topological polar surface area (TPSA) is 57.6 Å². The van der Waals surface area contributed by atoms with Gasteiger partial charge < -0.3 is 5.11 Å². The number of benzene rings is 1. The summed E-state index contributed by atoms with van der Waals surface area (Å²) in [6, 6.07) is 3.29. The van der Waals surface area contributed by atoms with E-state index in [0.717, 1.165) is 0 Å². The quantitative estimate of drug-likeness (QED) is 0.840. The van der Waals surface area contributed by atoms with Gasteiger partial charge in [-0.3, -0.25) is 14.5 Å². The molecule has 2 atom stereocenters. The molecule has 0 saturated carbocycles. The zero-order chi connectivity index (χ0) is 14.2. The van der Waals surface area contributed by atoms with Gasteiger partial charge in [0, 0.05) is 0 Å². The summed E-state index contributed by atoms with van der Waals surface area (Å²) in [7, 11) is 0. The summed E-state index contributed by atoms with van der Waals surface area (Å²) in [4.78, 5) is 24.0. The maximum absolute atomic E-state index is 13.4. The number of hydrogen-bond donors (Lipinski definition) is 1. The first-order valence-electron chi connectivity index (χ1n) is 5.49. The lowest BCUT2D eigenvalue weighted by Crippen LogP contribution is -2.50. The van der Waals surface area contributed by atoms with Gasteiger partial charge in [0.2, 0.25) is 0 Å². The van der Waals surface area contributed by atoms with E-state index in [1.54, 1.807) is 0 Å². The third-order valence-corrected chi connectivity index (χ3v) is 2.93. The van der Waals surface area contributed by atoms with Crippen molar-refractivity contribution in [2.45, 2.75) is 18.6 Å². The van der Waals surface area contributed by atoms with E-state index in [2.05, 4.69) is 0 Å². The fourth-order valence-electron chi connectivity index (χ4n) is 2.02. The van der Waals surface area contributed by atoms with E-state index in [1.165, 1.54) is 24.3 Å². The number of hydrogen-bond acceptors (Lipinski definition) is 3. The lowest BCUT2D eigenvalue weighted by atomic mass is 10.1. The van der Waals surface area contributed by atoms with E-state index in [1.807, 2.05) is 0 Å². The monoisotopic (exact) mass is 273 g/mol. The Morgan fingerprint density at radius 1 is 1.05 bits per heavy atom. The fraction of sp³-hybridized carbons (Fsp3) is 0.333. The Labute approximate surface area is 106 Å². The number of amides is 2. The van der Waals surface area contributed by atoms with Crippen molar-refractivity contribution in [3.05, 3.63) is 35.4 Å². The molecule has 7 heteroatoms. The number of fused-ring (bicyclic) bond motifs is 1. The van der Waals surface area contributed by atoms with Crippen LogP contribution in [0.25, 0.3) is 0 Å². The van der Waals surface area contributed by atoms with E-state index in [0.29, 0.717) is 0 Å². The minimum absolute atomic E-state index is 0.0386. The van der Waals surface area contributed by atoms with Crippen LogP contribution < -0.4 is 0 Å². The van der Waals surface area contributed by atoms with Gasteiger partial charge in [0.15, 0.2) is 0 Å². The first-order chi connectivity index (χ1) is 8.99. The highest BCUT2D eigenvalue weighted by Gasteiger charge is 2.46. The van der Waals surface area contributed by atoms with Crippen molar-refractivity contribution in [2.75, 3.05) is 6.61 Å². The molecule has 1 aromatic rings. The molecular formula is C12H10F3NO3. The molecule has 0 aliphatic carbocycles.